The molecule has 0 aliphatic carbocycles. The molecular formula is C18H17N5O3S. The number of fused-ring (bicyclic) bond motifs is 2. The second-order valence-corrected chi connectivity index (χ2v) is 8.24. The Labute approximate surface area is 156 Å². The minimum Gasteiger partial charge on any atom is -0.338 e. The predicted octanol–water partition coefficient (Wildman–Crippen LogP) is 4.04. The molecule has 4 N–H and O–H groups in total. The SMILES string of the molecule is C[C@H](CC#N)n1nc(Nc2ccc3c(c2)C=CS3(O)O)c2c(=O)[nH]ccc21. The number of benzene rings is 1. The topological polar surface area (TPSA) is 127 Å². The monoisotopic (exact) mass is 383 g/mol. The highest BCUT2D eigenvalue weighted by Gasteiger charge is 2.22. The van der Waals surface area contributed by atoms with Crippen LogP contribution in [0.3, 0.4) is 0 Å². The Bertz CT molecular complexity index is 1170. The van der Waals surface area contributed by atoms with Crippen LogP contribution in [0.25, 0.3) is 17.0 Å². The summed E-state index contributed by atoms with van der Waals surface area (Å²) in [5.74, 6) is 0.380. The first-order chi connectivity index (χ1) is 12.9. The molecule has 0 spiro atoms. The standard InChI is InChI=1S/C18H17N5O3S/c1-11(4-7-19)23-14-5-8-20-18(24)16(14)17(22-23)21-13-2-3-15-12(10-13)6-9-27(15,25)26/h2-3,5-6,8-11,25-26H,4H2,1H3,(H,20,24)(H,21,22)/t11-/m1/s1. The summed E-state index contributed by atoms with van der Waals surface area (Å²) in [7, 11) is -2.86. The maximum Gasteiger partial charge on any atom is 0.261 e. The second kappa shape index (κ2) is 6.28. The Kier molecular flexibility index (Phi) is 4.04. The number of rotatable bonds is 4. The van der Waals surface area contributed by atoms with Crippen molar-refractivity contribution >= 4 is 39.1 Å². The van der Waals surface area contributed by atoms with E-state index in [9.17, 15) is 13.9 Å². The molecule has 138 valence electrons. The van der Waals surface area contributed by atoms with E-state index < -0.39 is 10.6 Å². The molecule has 4 rings (SSSR count). The van der Waals surface area contributed by atoms with E-state index in [-0.39, 0.29) is 18.0 Å². The van der Waals surface area contributed by atoms with Crippen LogP contribution in [0.15, 0.2) is 45.6 Å². The highest BCUT2D eigenvalue weighted by Crippen LogP contribution is 2.56. The molecule has 0 unspecified atom stereocenters. The smallest absolute Gasteiger partial charge is 0.261 e. The van der Waals surface area contributed by atoms with E-state index in [1.807, 2.05) is 6.92 Å². The zero-order valence-electron chi connectivity index (χ0n) is 14.4. The second-order valence-electron chi connectivity index (χ2n) is 6.34. The first-order valence-corrected chi connectivity index (χ1v) is 9.86. The number of hydrogen-bond donors (Lipinski definition) is 4. The zero-order valence-corrected chi connectivity index (χ0v) is 15.2. The van der Waals surface area contributed by atoms with Gasteiger partial charge < -0.3 is 10.3 Å². The van der Waals surface area contributed by atoms with E-state index in [4.69, 9.17) is 5.26 Å². The van der Waals surface area contributed by atoms with Crippen molar-refractivity contribution in [2.45, 2.75) is 24.3 Å². The highest BCUT2D eigenvalue weighted by molar-refractivity contribution is 8.27. The normalized spacial score (nSPS) is 16.7. The third kappa shape index (κ3) is 2.90. The van der Waals surface area contributed by atoms with Crippen molar-refractivity contribution in [3.63, 3.8) is 0 Å². The molecule has 0 saturated carbocycles. The Hall–Kier alpha value is -3.06. The van der Waals surface area contributed by atoms with Gasteiger partial charge in [-0.2, -0.15) is 10.4 Å². The Morgan fingerprint density at radius 3 is 3.00 bits per heavy atom. The molecule has 27 heavy (non-hydrogen) atoms. The minimum absolute atomic E-state index is 0.189. The van der Waals surface area contributed by atoms with Crippen LogP contribution in [-0.2, 0) is 0 Å². The predicted molar refractivity (Wildman–Crippen MR) is 105 cm³/mol. The molecule has 3 heterocycles. The fourth-order valence-electron chi connectivity index (χ4n) is 3.15. The van der Waals surface area contributed by atoms with Crippen molar-refractivity contribution in [3.05, 3.63) is 51.8 Å². The van der Waals surface area contributed by atoms with Crippen molar-refractivity contribution in [1.82, 2.24) is 14.8 Å². The van der Waals surface area contributed by atoms with Gasteiger partial charge >= 0.3 is 0 Å². The summed E-state index contributed by atoms with van der Waals surface area (Å²) in [4.78, 5) is 15.5. The maximum atomic E-state index is 12.4. The largest absolute Gasteiger partial charge is 0.338 e. The number of H-pyrrole nitrogens is 1. The Morgan fingerprint density at radius 2 is 2.22 bits per heavy atom. The first-order valence-electron chi connectivity index (χ1n) is 8.25. The molecule has 8 nitrogen and oxygen atoms in total. The Balaban J connectivity index is 1.78. The molecule has 1 aromatic carbocycles. The number of nitrogens with zero attached hydrogens (tertiary/aromatic N) is 3. The lowest BCUT2D eigenvalue weighted by atomic mass is 10.2. The summed E-state index contributed by atoms with van der Waals surface area (Å²) in [6.07, 6.45) is 3.48. The molecule has 1 atom stereocenters. The van der Waals surface area contributed by atoms with Crippen LogP contribution in [0.1, 0.15) is 24.9 Å². The van der Waals surface area contributed by atoms with Crippen LogP contribution < -0.4 is 10.9 Å². The van der Waals surface area contributed by atoms with Gasteiger partial charge in [-0.1, -0.05) is 0 Å². The van der Waals surface area contributed by atoms with Crippen LogP contribution in [0.4, 0.5) is 11.5 Å². The van der Waals surface area contributed by atoms with Crippen LogP contribution in [-0.4, -0.2) is 23.9 Å². The van der Waals surface area contributed by atoms with Gasteiger partial charge in [-0.3, -0.25) is 18.6 Å². The minimum atomic E-state index is -2.86. The average molecular weight is 383 g/mol. The Morgan fingerprint density at radius 1 is 1.41 bits per heavy atom. The van der Waals surface area contributed by atoms with Crippen LogP contribution in [0.5, 0.6) is 0 Å². The van der Waals surface area contributed by atoms with Gasteiger partial charge in [0, 0.05) is 22.9 Å². The number of nitrogens with one attached hydrogen (secondary N) is 2. The molecule has 0 amide bonds. The van der Waals surface area contributed by atoms with Crippen molar-refractivity contribution in [1.29, 1.82) is 5.26 Å². The van der Waals surface area contributed by atoms with Crippen molar-refractivity contribution < 1.29 is 9.11 Å². The molecule has 1 aliphatic rings. The summed E-state index contributed by atoms with van der Waals surface area (Å²) in [6.45, 7) is 1.87. The molecule has 2 aromatic heterocycles. The van der Waals surface area contributed by atoms with Gasteiger partial charge in [0.25, 0.3) is 5.56 Å². The van der Waals surface area contributed by atoms with Gasteiger partial charge in [0.1, 0.15) is 5.39 Å². The van der Waals surface area contributed by atoms with Gasteiger partial charge in [-0.25, -0.2) is 0 Å². The number of anilines is 2. The number of hydrogen-bond acceptors (Lipinski definition) is 6. The maximum absolute atomic E-state index is 12.4. The van der Waals surface area contributed by atoms with Crippen molar-refractivity contribution in [3.8, 4) is 6.07 Å². The molecule has 0 saturated heterocycles. The summed E-state index contributed by atoms with van der Waals surface area (Å²) < 4.78 is 21.6. The van der Waals surface area contributed by atoms with Crippen molar-refractivity contribution in [2.75, 3.05) is 5.32 Å². The van der Waals surface area contributed by atoms with E-state index >= 15 is 0 Å². The number of aromatic amines is 1. The van der Waals surface area contributed by atoms with E-state index in [0.717, 1.165) is 0 Å². The van der Waals surface area contributed by atoms with Gasteiger partial charge in [-0.05, 0) is 37.3 Å². The summed E-state index contributed by atoms with van der Waals surface area (Å²) in [5.41, 5.74) is 1.73. The lowest BCUT2D eigenvalue weighted by Gasteiger charge is -2.25. The molecular weight excluding hydrogens is 366 g/mol. The molecule has 3 aromatic rings. The summed E-state index contributed by atoms with van der Waals surface area (Å²) in [6, 6.07) is 8.81. The van der Waals surface area contributed by atoms with E-state index in [1.54, 1.807) is 41.2 Å². The lowest BCUT2D eigenvalue weighted by molar-refractivity contribution is 0.501. The fraction of sp³-hybridized carbons (Fsp3) is 0.167. The van der Waals surface area contributed by atoms with E-state index in [2.05, 4.69) is 21.5 Å². The molecule has 0 bridgehead atoms. The highest BCUT2D eigenvalue weighted by atomic mass is 32.3. The van der Waals surface area contributed by atoms with Crippen molar-refractivity contribution in [2.24, 2.45) is 0 Å². The third-order valence-corrected chi connectivity index (χ3v) is 6.00. The molecule has 0 radical (unpaired) electrons. The fourth-order valence-corrected chi connectivity index (χ4v) is 4.37. The van der Waals surface area contributed by atoms with Gasteiger partial charge in [-0.15, -0.1) is 10.6 Å². The van der Waals surface area contributed by atoms with Gasteiger partial charge in [0.15, 0.2) is 5.82 Å². The van der Waals surface area contributed by atoms with E-state index in [0.29, 0.717) is 32.9 Å². The summed E-state index contributed by atoms with van der Waals surface area (Å²) >= 11 is 0. The quantitative estimate of drug-likeness (QED) is 0.538. The molecule has 9 heteroatoms. The third-order valence-electron chi connectivity index (χ3n) is 4.47. The van der Waals surface area contributed by atoms with Crippen LogP contribution >= 0.6 is 10.6 Å². The van der Waals surface area contributed by atoms with Gasteiger partial charge in [0.2, 0.25) is 0 Å². The number of pyridine rings is 1. The molecule has 1 aliphatic heterocycles. The van der Waals surface area contributed by atoms with Gasteiger partial charge in [0.05, 0.1) is 28.9 Å². The number of nitriles is 1. The summed E-state index contributed by atoms with van der Waals surface area (Å²) in [5, 5.41) is 18.4. The zero-order chi connectivity index (χ0) is 19.2. The van der Waals surface area contributed by atoms with Crippen LogP contribution in [0.2, 0.25) is 0 Å². The average Bonchev–Trinajstić information content (AvgIpc) is 3.14. The first kappa shape index (κ1) is 17.4. The lowest BCUT2D eigenvalue weighted by Crippen LogP contribution is -2.08. The van der Waals surface area contributed by atoms with E-state index in [1.165, 1.54) is 5.41 Å². The number of aromatic nitrogens is 3. The van der Waals surface area contributed by atoms with Crippen LogP contribution in [0, 0.1) is 11.3 Å². The molecule has 0 fully saturated rings.